The second-order valence-corrected chi connectivity index (χ2v) is 13.5. The first-order chi connectivity index (χ1) is 19.2. The first-order valence-corrected chi connectivity index (χ1v) is 15.9. The fourth-order valence-electron chi connectivity index (χ4n) is 5.02. The number of piperazine rings is 1. The Labute approximate surface area is 234 Å². The van der Waals surface area contributed by atoms with Crippen molar-refractivity contribution in [3.05, 3.63) is 90.5 Å². The van der Waals surface area contributed by atoms with E-state index in [1.165, 1.54) is 24.3 Å². The number of hydrogen-bond donors (Lipinski definition) is 1. The third kappa shape index (κ3) is 5.52. The van der Waals surface area contributed by atoms with Crippen LogP contribution >= 0.6 is 0 Å². The summed E-state index contributed by atoms with van der Waals surface area (Å²) in [7, 11) is -8.14. The predicted molar refractivity (Wildman–Crippen MR) is 150 cm³/mol. The average molecular weight is 583 g/mol. The Balaban J connectivity index is 1.48. The van der Waals surface area contributed by atoms with Crippen molar-refractivity contribution in [3.63, 3.8) is 0 Å². The summed E-state index contributed by atoms with van der Waals surface area (Å²) in [5.74, 6) is -0.951. The number of likely N-dealkylation sites (tertiary alicyclic amines) is 1. The number of hydrogen-bond acceptors (Lipinski definition) is 6. The van der Waals surface area contributed by atoms with Gasteiger partial charge in [0.1, 0.15) is 6.04 Å². The maximum Gasteiger partial charge on any atom is 0.255 e. The summed E-state index contributed by atoms with van der Waals surface area (Å²) >= 11 is 0. The second kappa shape index (κ2) is 11.5. The van der Waals surface area contributed by atoms with Crippen molar-refractivity contribution in [2.75, 3.05) is 38.0 Å². The quantitative estimate of drug-likeness (QED) is 0.457. The molecule has 210 valence electrons. The predicted octanol–water partition coefficient (Wildman–Crippen LogP) is 2.63. The van der Waals surface area contributed by atoms with E-state index in [1.807, 2.05) is 0 Å². The summed E-state index contributed by atoms with van der Waals surface area (Å²) in [6, 6.07) is 20.7. The molecule has 0 spiro atoms. The van der Waals surface area contributed by atoms with Crippen molar-refractivity contribution in [3.8, 4) is 0 Å². The zero-order valence-corrected chi connectivity index (χ0v) is 23.4. The molecule has 3 aromatic rings. The highest BCUT2D eigenvalue weighted by Crippen LogP contribution is 2.27. The van der Waals surface area contributed by atoms with Gasteiger partial charge in [0.25, 0.3) is 5.91 Å². The highest BCUT2D eigenvalue weighted by molar-refractivity contribution is 7.89. The Hall–Kier alpha value is -3.58. The van der Waals surface area contributed by atoms with E-state index in [2.05, 4.69) is 5.32 Å². The van der Waals surface area contributed by atoms with E-state index in [-0.39, 0.29) is 34.5 Å². The van der Waals surface area contributed by atoms with Crippen LogP contribution in [0.3, 0.4) is 0 Å². The lowest BCUT2D eigenvalue weighted by Crippen LogP contribution is -2.60. The van der Waals surface area contributed by atoms with Gasteiger partial charge in [-0.15, -0.1) is 0 Å². The molecule has 0 aromatic heterocycles. The number of para-hydroxylation sites is 1. The van der Waals surface area contributed by atoms with E-state index < -0.39 is 38.5 Å². The third-order valence-corrected chi connectivity index (χ3v) is 10.9. The van der Waals surface area contributed by atoms with Gasteiger partial charge in [-0.2, -0.15) is 8.61 Å². The molecule has 0 bridgehead atoms. The summed E-state index contributed by atoms with van der Waals surface area (Å²) in [4.78, 5) is 28.7. The Bertz CT molecular complexity index is 1590. The van der Waals surface area contributed by atoms with Gasteiger partial charge in [0.15, 0.2) is 0 Å². The molecule has 2 saturated heterocycles. The second-order valence-electron chi connectivity index (χ2n) is 9.65. The van der Waals surface area contributed by atoms with Gasteiger partial charge < -0.3 is 10.2 Å². The Morgan fingerprint density at radius 2 is 1.23 bits per heavy atom. The lowest BCUT2D eigenvalue weighted by atomic mass is 10.1. The van der Waals surface area contributed by atoms with Crippen molar-refractivity contribution in [1.29, 1.82) is 0 Å². The number of nitrogens with one attached hydrogen (secondary N) is 1. The van der Waals surface area contributed by atoms with E-state index in [0.717, 1.165) is 21.5 Å². The van der Waals surface area contributed by atoms with Crippen LogP contribution in [0, 0.1) is 0 Å². The van der Waals surface area contributed by atoms with Crippen molar-refractivity contribution < 1.29 is 26.4 Å². The van der Waals surface area contributed by atoms with Crippen LogP contribution in [-0.4, -0.2) is 80.9 Å². The molecule has 2 amide bonds. The largest absolute Gasteiger partial charge is 0.339 e. The van der Waals surface area contributed by atoms with Gasteiger partial charge in [-0.25, -0.2) is 16.8 Å². The zero-order chi connectivity index (χ0) is 28.3. The standard InChI is InChI=1S/C28H30N4O6S2/c33-27(29-25-16-8-7-15-24(25)28(34)30-17-9-10-18-30)26-21-31(39(35,36)22-11-3-1-4-12-22)19-20-32(26)40(37,38)23-13-5-2-6-14-23/h1-8,11-16,26H,9-10,17-21H2,(H,29,33)/t26-/m1/s1. The summed E-state index contributed by atoms with van der Waals surface area (Å²) in [5.41, 5.74) is 0.532. The van der Waals surface area contributed by atoms with Gasteiger partial charge in [0.2, 0.25) is 26.0 Å². The molecule has 2 aliphatic rings. The molecule has 2 aliphatic heterocycles. The minimum atomic E-state index is -4.15. The van der Waals surface area contributed by atoms with Crippen molar-refractivity contribution in [2.24, 2.45) is 0 Å². The van der Waals surface area contributed by atoms with Crippen LogP contribution in [0.25, 0.3) is 0 Å². The maximum atomic E-state index is 13.8. The van der Waals surface area contributed by atoms with Gasteiger partial charge in [-0.1, -0.05) is 48.5 Å². The van der Waals surface area contributed by atoms with Crippen LogP contribution < -0.4 is 5.32 Å². The molecular weight excluding hydrogens is 552 g/mol. The number of carbonyl (C=O) groups excluding carboxylic acids is 2. The van der Waals surface area contributed by atoms with Crippen LogP contribution in [0.2, 0.25) is 0 Å². The first kappa shape index (κ1) is 28.0. The molecule has 1 atom stereocenters. The zero-order valence-electron chi connectivity index (χ0n) is 21.7. The van der Waals surface area contributed by atoms with E-state index >= 15 is 0 Å². The van der Waals surface area contributed by atoms with Crippen LogP contribution in [0.5, 0.6) is 0 Å². The van der Waals surface area contributed by atoms with Crippen LogP contribution in [0.1, 0.15) is 23.2 Å². The first-order valence-electron chi connectivity index (χ1n) is 13.0. The van der Waals surface area contributed by atoms with Crippen LogP contribution in [0.15, 0.2) is 94.7 Å². The molecule has 0 saturated carbocycles. The normalized spacial score (nSPS) is 18.9. The molecule has 2 fully saturated rings. The number of amides is 2. The summed E-state index contributed by atoms with van der Waals surface area (Å²) in [5, 5.41) is 2.74. The van der Waals surface area contributed by atoms with E-state index in [0.29, 0.717) is 18.7 Å². The number of rotatable bonds is 7. The highest BCUT2D eigenvalue weighted by atomic mass is 32.2. The molecule has 10 nitrogen and oxygen atoms in total. The van der Waals surface area contributed by atoms with Gasteiger partial charge in [-0.05, 0) is 49.2 Å². The highest BCUT2D eigenvalue weighted by Gasteiger charge is 2.43. The molecule has 2 heterocycles. The lowest BCUT2D eigenvalue weighted by molar-refractivity contribution is -0.120. The fraction of sp³-hybridized carbons (Fsp3) is 0.286. The summed E-state index contributed by atoms with van der Waals surface area (Å²) in [6.45, 7) is 0.502. The third-order valence-electron chi connectivity index (χ3n) is 7.14. The van der Waals surface area contributed by atoms with Gasteiger partial charge >= 0.3 is 0 Å². The van der Waals surface area contributed by atoms with Gasteiger partial charge in [-0.3, -0.25) is 9.59 Å². The maximum absolute atomic E-state index is 13.8. The molecule has 40 heavy (non-hydrogen) atoms. The molecule has 5 rings (SSSR count). The Morgan fingerprint density at radius 3 is 1.85 bits per heavy atom. The minimum Gasteiger partial charge on any atom is -0.339 e. The van der Waals surface area contributed by atoms with Crippen LogP contribution in [-0.2, 0) is 24.8 Å². The van der Waals surface area contributed by atoms with Crippen molar-refractivity contribution in [2.45, 2.75) is 28.7 Å². The van der Waals surface area contributed by atoms with Crippen molar-refractivity contribution >= 4 is 37.5 Å². The number of nitrogens with zero attached hydrogens (tertiary/aromatic N) is 3. The molecule has 0 unspecified atom stereocenters. The van der Waals surface area contributed by atoms with Crippen molar-refractivity contribution in [1.82, 2.24) is 13.5 Å². The monoisotopic (exact) mass is 582 g/mol. The number of carbonyl (C=O) groups is 2. The number of anilines is 1. The van der Waals surface area contributed by atoms with Crippen LogP contribution in [0.4, 0.5) is 5.69 Å². The summed E-state index contributed by atoms with van der Waals surface area (Å²) < 4.78 is 56.3. The number of sulfonamides is 2. The Kier molecular flexibility index (Phi) is 8.04. The lowest BCUT2D eigenvalue weighted by Gasteiger charge is -2.39. The van der Waals surface area contributed by atoms with E-state index in [4.69, 9.17) is 0 Å². The molecule has 1 N–H and O–H groups in total. The van der Waals surface area contributed by atoms with E-state index in [9.17, 15) is 26.4 Å². The molecule has 3 aromatic carbocycles. The summed E-state index contributed by atoms with van der Waals surface area (Å²) in [6.07, 6.45) is 1.81. The molecule has 0 radical (unpaired) electrons. The minimum absolute atomic E-state index is 0.00298. The van der Waals surface area contributed by atoms with Gasteiger partial charge in [0, 0.05) is 32.7 Å². The number of benzene rings is 3. The average Bonchev–Trinajstić information content (AvgIpc) is 3.53. The molecular formula is C28H30N4O6S2. The molecule has 0 aliphatic carbocycles. The molecule has 12 heteroatoms. The topological polar surface area (TPSA) is 124 Å². The van der Waals surface area contributed by atoms with Gasteiger partial charge in [0.05, 0.1) is 21.0 Å². The SMILES string of the molecule is O=C(Nc1ccccc1C(=O)N1CCCC1)[C@H]1CN(S(=O)(=O)c2ccccc2)CCN1S(=O)(=O)c1ccccc1. The smallest absolute Gasteiger partial charge is 0.255 e. The fourth-order valence-corrected chi connectivity index (χ4v) is 8.07. The Morgan fingerprint density at radius 1 is 0.675 bits per heavy atom. The van der Waals surface area contributed by atoms with E-state index in [1.54, 1.807) is 65.6 Å².